The Hall–Kier alpha value is -1.39. The molecule has 0 spiro atoms. The molecule has 0 aliphatic carbocycles. The number of carboxylic acid groups (broad SMARTS) is 1. The van der Waals surface area contributed by atoms with E-state index in [2.05, 4.69) is 55.3 Å². The maximum Gasteiger partial charge on any atom is 0.320 e. The average Bonchev–Trinajstić information content (AvgIpc) is 2.49. The van der Waals surface area contributed by atoms with Gasteiger partial charge in [0.1, 0.15) is 6.04 Å². The monoisotopic (exact) mass is 318 g/mol. The Labute approximate surface area is 139 Å². The van der Waals surface area contributed by atoms with E-state index in [9.17, 15) is 9.90 Å². The van der Waals surface area contributed by atoms with Gasteiger partial charge in [0, 0.05) is 6.54 Å². The fraction of sp³-hybridized carbons (Fsp3) is 0.632. The zero-order valence-electron chi connectivity index (χ0n) is 14.8. The first-order chi connectivity index (χ1) is 10.8. The number of aliphatic carboxylic acids is 1. The van der Waals surface area contributed by atoms with Crippen molar-refractivity contribution in [2.75, 3.05) is 20.1 Å². The van der Waals surface area contributed by atoms with Crippen LogP contribution in [0.2, 0.25) is 0 Å². The third kappa shape index (κ3) is 4.79. The van der Waals surface area contributed by atoms with Crippen molar-refractivity contribution >= 4 is 5.97 Å². The van der Waals surface area contributed by atoms with Crippen molar-refractivity contribution in [1.82, 2.24) is 10.2 Å². The zero-order valence-corrected chi connectivity index (χ0v) is 14.8. The van der Waals surface area contributed by atoms with Crippen LogP contribution in [-0.4, -0.2) is 42.2 Å². The van der Waals surface area contributed by atoms with Gasteiger partial charge < -0.3 is 10.4 Å². The van der Waals surface area contributed by atoms with Crippen LogP contribution >= 0.6 is 0 Å². The van der Waals surface area contributed by atoms with Gasteiger partial charge in [0.05, 0.1) is 0 Å². The number of carboxylic acids is 1. The topological polar surface area (TPSA) is 52.6 Å². The summed E-state index contributed by atoms with van der Waals surface area (Å²) in [5.41, 5.74) is 2.88. The molecule has 2 N–H and O–H groups in total. The van der Waals surface area contributed by atoms with Crippen molar-refractivity contribution in [1.29, 1.82) is 0 Å². The van der Waals surface area contributed by atoms with Crippen LogP contribution < -0.4 is 5.32 Å². The molecule has 4 heteroatoms. The number of hydrogen-bond donors (Lipinski definition) is 2. The molecule has 0 bridgehead atoms. The molecule has 0 radical (unpaired) electrons. The van der Waals surface area contributed by atoms with Crippen molar-refractivity contribution in [3.8, 4) is 0 Å². The smallest absolute Gasteiger partial charge is 0.320 e. The Morgan fingerprint density at radius 3 is 2.26 bits per heavy atom. The highest BCUT2D eigenvalue weighted by molar-refractivity contribution is 5.73. The molecule has 1 aromatic carbocycles. The highest BCUT2D eigenvalue weighted by atomic mass is 16.4. The minimum Gasteiger partial charge on any atom is -0.480 e. The number of benzene rings is 1. The number of piperidine rings is 1. The molecule has 1 aliphatic heterocycles. The first-order valence-electron chi connectivity index (χ1n) is 8.53. The van der Waals surface area contributed by atoms with E-state index in [1.807, 2.05) is 0 Å². The minimum atomic E-state index is -0.733. The number of likely N-dealkylation sites (tertiary alicyclic amines) is 1. The summed E-state index contributed by atoms with van der Waals surface area (Å²) in [4.78, 5) is 13.7. The maximum absolute atomic E-state index is 11.2. The van der Waals surface area contributed by atoms with Gasteiger partial charge in [-0.15, -0.1) is 0 Å². The van der Waals surface area contributed by atoms with Gasteiger partial charge in [-0.2, -0.15) is 0 Å². The molecular formula is C19H30N2O2. The summed E-state index contributed by atoms with van der Waals surface area (Å²) < 4.78 is 0. The van der Waals surface area contributed by atoms with E-state index in [1.54, 1.807) is 7.05 Å². The fourth-order valence-corrected chi connectivity index (χ4v) is 3.37. The summed E-state index contributed by atoms with van der Waals surface area (Å²) in [6.45, 7) is 9.58. The highest BCUT2D eigenvalue weighted by Crippen LogP contribution is 2.24. The quantitative estimate of drug-likeness (QED) is 0.876. The van der Waals surface area contributed by atoms with Gasteiger partial charge in [0.15, 0.2) is 0 Å². The molecule has 0 amide bonds. The minimum absolute atomic E-state index is 0.190. The predicted molar refractivity (Wildman–Crippen MR) is 93.6 cm³/mol. The lowest BCUT2D eigenvalue weighted by molar-refractivity contribution is -0.141. The molecule has 4 nitrogen and oxygen atoms in total. The first-order valence-corrected chi connectivity index (χ1v) is 8.53. The normalized spacial score (nSPS) is 18.8. The molecule has 1 saturated heterocycles. The Morgan fingerprint density at radius 2 is 1.83 bits per heavy atom. The number of nitrogens with zero attached hydrogens (tertiary/aromatic N) is 1. The van der Waals surface area contributed by atoms with Gasteiger partial charge in [-0.3, -0.25) is 9.69 Å². The Balaban J connectivity index is 1.88. The lowest BCUT2D eigenvalue weighted by atomic mass is 9.86. The summed E-state index contributed by atoms with van der Waals surface area (Å²) in [5.74, 6) is -0.499. The summed E-state index contributed by atoms with van der Waals surface area (Å²) in [6, 6.07) is 8.48. The van der Waals surface area contributed by atoms with E-state index in [4.69, 9.17) is 0 Å². The molecule has 1 aliphatic rings. The van der Waals surface area contributed by atoms with E-state index in [1.165, 1.54) is 11.1 Å². The second kappa shape index (κ2) is 7.45. The van der Waals surface area contributed by atoms with Gasteiger partial charge >= 0.3 is 5.97 Å². The highest BCUT2D eigenvalue weighted by Gasteiger charge is 2.30. The Morgan fingerprint density at radius 1 is 1.26 bits per heavy atom. The number of likely N-dealkylation sites (N-methyl/N-ethyl adjacent to an activating group) is 1. The molecular weight excluding hydrogens is 288 g/mol. The average molecular weight is 318 g/mol. The third-order valence-electron chi connectivity index (χ3n) is 4.91. The Bertz CT molecular complexity index is 511. The van der Waals surface area contributed by atoms with Crippen LogP contribution in [0.3, 0.4) is 0 Å². The molecule has 0 saturated carbocycles. The van der Waals surface area contributed by atoms with E-state index >= 15 is 0 Å². The van der Waals surface area contributed by atoms with Gasteiger partial charge in [-0.25, -0.2) is 0 Å². The van der Waals surface area contributed by atoms with Crippen molar-refractivity contribution < 1.29 is 9.90 Å². The van der Waals surface area contributed by atoms with Crippen molar-refractivity contribution in [2.45, 2.75) is 51.6 Å². The van der Waals surface area contributed by atoms with Crippen LogP contribution in [0.5, 0.6) is 0 Å². The summed E-state index contributed by atoms with van der Waals surface area (Å²) >= 11 is 0. The second-order valence-electron chi connectivity index (χ2n) is 7.67. The van der Waals surface area contributed by atoms with Gasteiger partial charge in [-0.1, -0.05) is 45.0 Å². The second-order valence-corrected chi connectivity index (χ2v) is 7.67. The zero-order chi connectivity index (χ0) is 17.0. The number of carbonyl (C=O) groups is 1. The van der Waals surface area contributed by atoms with E-state index in [-0.39, 0.29) is 11.3 Å². The lowest BCUT2D eigenvalue weighted by Gasteiger charge is -2.34. The standard InChI is InChI=1S/C19H30N2O2/c1-19(2,3)16-7-5-14(6-8-16)13-21-11-9-15(10-12-21)17(20-4)18(22)23/h5-8,15,17,20H,9-13H2,1-4H3,(H,22,23). The van der Waals surface area contributed by atoms with Crippen LogP contribution in [-0.2, 0) is 16.8 Å². The SMILES string of the molecule is CNC(C(=O)O)C1CCN(Cc2ccc(C(C)(C)C)cc2)CC1. The molecule has 1 fully saturated rings. The molecule has 2 rings (SSSR count). The number of hydrogen-bond acceptors (Lipinski definition) is 3. The Kier molecular flexibility index (Phi) is 5.82. The van der Waals surface area contributed by atoms with Crippen LogP contribution in [0.4, 0.5) is 0 Å². The largest absolute Gasteiger partial charge is 0.480 e. The molecule has 1 aromatic rings. The summed E-state index contributed by atoms with van der Waals surface area (Å²) in [6.07, 6.45) is 1.88. The maximum atomic E-state index is 11.2. The third-order valence-corrected chi connectivity index (χ3v) is 4.91. The van der Waals surface area contributed by atoms with E-state index < -0.39 is 12.0 Å². The van der Waals surface area contributed by atoms with E-state index in [0.717, 1.165) is 32.5 Å². The molecule has 1 heterocycles. The van der Waals surface area contributed by atoms with Crippen LogP contribution in [0, 0.1) is 5.92 Å². The molecule has 1 atom stereocenters. The van der Waals surface area contributed by atoms with Crippen molar-refractivity contribution in [3.05, 3.63) is 35.4 Å². The van der Waals surface area contributed by atoms with Crippen LogP contribution in [0.15, 0.2) is 24.3 Å². The molecule has 23 heavy (non-hydrogen) atoms. The van der Waals surface area contributed by atoms with Gasteiger partial charge in [-0.05, 0) is 55.4 Å². The summed E-state index contributed by atoms with van der Waals surface area (Å²) in [7, 11) is 1.74. The molecule has 128 valence electrons. The van der Waals surface area contributed by atoms with Crippen molar-refractivity contribution in [2.24, 2.45) is 5.92 Å². The van der Waals surface area contributed by atoms with Crippen LogP contribution in [0.25, 0.3) is 0 Å². The number of rotatable bonds is 5. The van der Waals surface area contributed by atoms with Gasteiger partial charge in [0.25, 0.3) is 0 Å². The number of nitrogens with one attached hydrogen (secondary N) is 1. The molecule has 1 unspecified atom stereocenters. The predicted octanol–water partition coefficient (Wildman–Crippen LogP) is 2.87. The van der Waals surface area contributed by atoms with Crippen LogP contribution in [0.1, 0.15) is 44.7 Å². The van der Waals surface area contributed by atoms with Gasteiger partial charge in [0.2, 0.25) is 0 Å². The van der Waals surface area contributed by atoms with E-state index in [0.29, 0.717) is 0 Å². The summed E-state index contributed by atoms with van der Waals surface area (Å²) in [5, 5.41) is 12.2. The first kappa shape index (κ1) is 18.0. The fourth-order valence-electron chi connectivity index (χ4n) is 3.37. The lowest BCUT2D eigenvalue weighted by Crippen LogP contribution is -2.46. The van der Waals surface area contributed by atoms with Crippen molar-refractivity contribution in [3.63, 3.8) is 0 Å². The molecule has 0 aromatic heterocycles.